The van der Waals surface area contributed by atoms with Crippen molar-refractivity contribution in [2.75, 3.05) is 0 Å². The smallest absolute Gasteiger partial charge is 0.127 e. The summed E-state index contributed by atoms with van der Waals surface area (Å²) in [7, 11) is 0. The summed E-state index contributed by atoms with van der Waals surface area (Å²) in [6.07, 6.45) is 4.61. The van der Waals surface area contributed by atoms with Crippen LogP contribution in [0.5, 0.6) is 0 Å². The third-order valence-electron chi connectivity index (χ3n) is 3.73. The number of imidazole rings is 1. The van der Waals surface area contributed by atoms with E-state index in [2.05, 4.69) is 34.7 Å². The zero-order valence-corrected chi connectivity index (χ0v) is 13.0. The Morgan fingerprint density at radius 2 is 1.95 bits per heavy atom. The van der Waals surface area contributed by atoms with Crippen molar-refractivity contribution >= 4 is 22.6 Å². The monoisotopic (exact) mass is 299 g/mol. The van der Waals surface area contributed by atoms with E-state index in [0.717, 1.165) is 24.3 Å². The molecular weight excluding hydrogens is 282 g/mol. The molecule has 108 valence electrons. The van der Waals surface area contributed by atoms with Gasteiger partial charge in [0.1, 0.15) is 5.82 Å². The average molecular weight is 300 g/mol. The number of rotatable bonds is 4. The number of pyridine rings is 1. The Morgan fingerprint density at radius 3 is 2.67 bits per heavy atom. The molecule has 0 aliphatic heterocycles. The Bertz CT molecular complexity index is 747. The largest absolute Gasteiger partial charge is 0.326 e. The van der Waals surface area contributed by atoms with Gasteiger partial charge in [0, 0.05) is 18.9 Å². The van der Waals surface area contributed by atoms with Gasteiger partial charge in [-0.1, -0.05) is 12.1 Å². The number of alkyl halides is 1. The lowest BCUT2D eigenvalue weighted by molar-refractivity contribution is 0.667. The molecule has 4 heteroatoms. The first-order chi connectivity index (χ1) is 10.2. The second-order valence-electron chi connectivity index (χ2n) is 5.29. The van der Waals surface area contributed by atoms with E-state index in [1.165, 1.54) is 16.6 Å². The summed E-state index contributed by atoms with van der Waals surface area (Å²) >= 11 is 6.32. The summed E-state index contributed by atoms with van der Waals surface area (Å²) in [5.74, 6) is 0.940. The first-order valence-corrected chi connectivity index (χ1v) is 7.59. The van der Waals surface area contributed by atoms with Crippen molar-refractivity contribution in [2.24, 2.45) is 0 Å². The van der Waals surface area contributed by atoms with Crippen LogP contribution in [0, 0.1) is 6.92 Å². The Labute approximate surface area is 129 Å². The second kappa shape index (κ2) is 5.86. The van der Waals surface area contributed by atoms with E-state index in [9.17, 15) is 0 Å². The highest BCUT2D eigenvalue weighted by Crippen LogP contribution is 2.26. The van der Waals surface area contributed by atoms with E-state index in [0.29, 0.717) is 0 Å². The van der Waals surface area contributed by atoms with Crippen LogP contribution in [0.2, 0.25) is 0 Å². The molecule has 3 aromatic rings. The van der Waals surface area contributed by atoms with Gasteiger partial charge in [-0.05, 0) is 49.6 Å². The summed E-state index contributed by atoms with van der Waals surface area (Å²) in [5.41, 5.74) is 4.72. The van der Waals surface area contributed by atoms with Crippen LogP contribution < -0.4 is 0 Å². The van der Waals surface area contributed by atoms with Crippen LogP contribution >= 0.6 is 11.6 Å². The first kappa shape index (κ1) is 14.1. The Morgan fingerprint density at radius 1 is 1.19 bits per heavy atom. The second-order valence-corrected chi connectivity index (χ2v) is 5.94. The zero-order chi connectivity index (χ0) is 14.8. The molecule has 0 aliphatic carbocycles. The van der Waals surface area contributed by atoms with Gasteiger partial charge in [0.05, 0.1) is 16.4 Å². The van der Waals surface area contributed by atoms with Gasteiger partial charge >= 0.3 is 0 Å². The fourth-order valence-corrected chi connectivity index (χ4v) is 2.87. The Balaban J connectivity index is 2.01. The molecule has 0 aliphatic rings. The minimum atomic E-state index is -0.103. The number of halogens is 1. The van der Waals surface area contributed by atoms with E-state index in [4.69, 9.17) is 16.6 Å². The van der Waals surface area contributed by atoms with Gasteiger partial charge in [0.25, 0.3) is 0 Å². The number of hydrogen-bond donors (Lipinski definition) is 0. The van der Waals surface area contributed by atoms with Crippen molar-refractivity contribution in [3.05, 3.63) is 59.7 Å². The van der Waals surface area contributed by atoms with Gasteiger partial charge in [-0.3, -0.25) is 4.98 Å². The molecule has 0 amide bonds. The molecule has 1 atom stereocenters. The van der Waals surface area contributed by atoms with Crippen molar-refractivity contribution in [3.63, 3.8) is 0 Å². The molecule has 0 bridgehead atoms. The summed E-state index contributed by atoms with van der Waals surface area (Å²) in [4.78, 5) is 8.76. The average Bonchev–Trinajstić information content (AvgIpc) is 2.86. The molecule has 1 unspecified atom stereocenters. The maximum absolute atomic E-state index is 6.32. The molecule has 0 radical (unpaired) electrons. The lowest BCUT2D eigenvalue weighted by Crippen LogP contribution is -2.07. The Kier molecular flexibility index (Phi) is 3.93. The molecule has 0 spiro atoms. The van der Waals surface area contributed by atoms with Crippen LogP contribution in [0.4, 0.5) is 0 Å². The molecule has 1 aromatic carbocycles. The van der Waals surface area contributed by atoms with Crippen LogP contribution in [0.25, 0.3) is 11.0 Å². The highest BCUT2D eigenvalue weighted by Gasteiger charge is 2.15. The van der Waals surface area contributed by atoms with Crippen LogP contribution in [-0.4, -0.2) is 14.5 Å². The van der Waals surface area contributed by atoms with Crippen molar-refractivity contribution < 1.29 is 0 Å². The van der Waals surface area contributed by atoms with E-state index >= 15 is 0 Å². The van der Waals surface area contributed by atoms with Gasteiger partial charge in [-0.2, -0.15) is 0 Å². The summed E-state index contributed by atoms with van der Waals surface area (Å²) in [5, 5.41) is -0.103. The number of aromatic nitrogens is 3. The molecule has 0 N–H and O–H groups in total. The zero-order valence-electron chi connectivity index (χ0n) is 12.3. The van der Waals surface area contributed by atoms with Gasteiger partial charge in [-0.25, -0.2) is 4.98 Å². The molecule has 3 rings (SSSR count). The van der Waals surface area contributed by atoms with E-state index in [1.807, 2.05) is 31.5 Å². The third-order valence-corrected chi connectivity index (χ3v) is 3.92. The molecule has 3 nitrogen and oxygen atoms in total. The van der Waals surface area contributed by atoms with E-state index in [-0.39, 0.29) is 5.38 Å². The number of aryl methyl sites for hydroxylation is 3. The number of nitrogens with zero attached hydrogens (tertiary/aromatic N) is 3. The summed E-state index contributed by atoms with van der Waals surface area (Å²) in [6, 6.07) is 10.3. The molecular formula is C17H18ClN3. The minimum Gasteiger partial charge on any atom is -0.326 e. The van der Waals surface area contributed by atoms with Gasteiger partial charge in [0.2, 0.25) is 0 Å². The molecule has 2 aromatic heterocycles. The van der Waals surface area contributed by atoms with Crippen LogP contribution in [0.1, 0.15) is 29.3 Å². The molecule has 0 fully saturated rings. The number of para-hydroxylation sites is 1. The van der Waals surface area contributed by atoms with Crippen molar-refractivity contribution in [1.82, 2.24) is 14.5 Å². The highest BCUT2D eigenvalue weighted by molar-refractivity contribution is 6.20. The lowest BCUT2D eigenvalue weighted by atomic mass is 10.2. The molecule has 0 saturated carbocycles. The maximum atomic E-state index is 6.32. The minimum absolute atomic E-state index is 0.103. The predicted molar refractivity (Wildman–Crippen MR) is 86.7 cm³/mol. The predicted octanol–water partition coefficient (Wildman–Crippen LogP) is 4.28. The third kappa shape index (κ3) is 2.79. The molecule has 21 heavy (non-hydrogen) atoms. The maximum Gasteiger partial charge on any atom is 0.127 e. The normalized spacial score (nSPS) is 12.7. The molecule has 2 heterocycles. The number of fused-ring (bicyclic) bond motifs is 1. The van der Waals surface area contributed by atoms with Gasteiger partial charge in [-0.15, -0.1) is 11.6 Å². The fraction of sp³-hybridized carbons (Fsp3) is 0.294. The topological polar surface area (TPSA) is 30.7 Å². The quantitative estimate of drug-likeness (QED) is 0.673. The van der Waals surface area contributed by atoms with Crippen molar-refractivity contribution in [3.8, 4) is 0 Å². The standard InChI is InChI=1S/C17H18ClN3/c1-12-4-3-5-15-16(12)21(17(20-15)13(2)18)11-8-14-6-9-19-10-7-14/h3-7,9-10,13H,8,11H2,1-2H3. The van der Waals surface area contributed by atoms with Gasteiger partial charge in [0.15, 0.2) is 0 Å². The summed E-state index contributed by atoms with van der Waals surface area (Å²) in [6.45, 7) is 4.97. The van der Waals surface area contributed by atoms with Crippen LogP contribution in [0.15, 0.2) is 42.7 Å². The van der Waals surface area contributed by atoms with E-state index < -0.39 is 0 Å². The highest BCUT2D eigenvalue weighted by atomic mass is 35.5. The SMILES string of the molecule is Cc1cccc2nc(C(C)Cl)n(CCc3ccncc3)c12. The van der Waals surface area contributed by atoms with Crippen molar-refractivity contribution in [2.45, 2.75) is 32.2 Å². The van der Waals surface area contributed by atoms with Crippen LogP contribution in [-0.2, 0) is 13.0 Å². The first-order valence-electron chi connectivity index (χ1n) is 7.15. The molecule has 0 saturated heterocycles. The number of hydrogen-bond acceptors (Lipinski definition) is 2. The van der Waals surface area contributed by atoms with E-state index in [1.54, 1.807) is 0 Å². The number of benzene rings is 1. The fourth-order valence-electron chi connectivity index (χ4n) is 2.70. The van der Waals surface area contributed by atoms with Gasteiger partial charge < -0.3 is 4.57 Å². The lowest BCUT2D eigenvalue weighted by Gasteiger charge is -2.11. The Hall–Kier alpha value is -1.87. The summed E-state index contributed by atoms with van der Waals surface area (Å²) < 4.78 is 2.25. The van der Waals surface area contributed by atoms with Crippen LogP contribution in [0.3, 0.4) is 0 Å². The van der Waals surface area contributed by atoms with Crippen molar-refractivity contribution in [1.29, 1.82) is 0 Å².